The molecule has 1 aromatic carbocycles. The Bertz CT molecular complexity index is 891. The highest BCUT2D eigenvalue weighted by Gasteiger charge is 2.30. The van der Waals surface area contributed by atoms with Crippen molar-refractivity contribution in [2.75, 3.05) is 45.3 Å². The summed E-state index contributed by atoms with van der Waals surface area (Å²) in [5, 5.41) is 0. The summed E-state index contributed by atoms with van der Waals surface area (Å²) in [6.07, 6.45) is 3.84. The molecule has 9 heteroatoms. The average molecular weight is 443 g/mol. The lowest BCUT2D eigenvalue weighted by atomic mass is 9.93. The van der Waals surface area contributed by atoms with Crippen molar-refractivity contribution < 1.29 is 23.9 Å². The Morgan fingerprint density at radius 1 is 1.00 bits per heavy atom. The highest BCUT2D eigenvalue weighted by Crippen LogP contribution is 2.27. The molecule has 0 unspecified atom stereocenters. The lowest BCUT2D eigenvalue weighted by molar-refractivity contribution is -0.136. The molecule has 0 radical (unpaired) electrons. The van der Waals surface area contributed by atoms with E-state index in [4.69, 9.17) is 5.73 Å². The van der Waals surface area contributed by atoms with Gasteiger partial charge in [0.1, 0.15) is 5.84 Å². The highest BCUT2D eigenvalue weighted by atomic mass is 16.5. The fraction of sp³-hybridized carbons (Fsp3) is 0.478. The van der Waals surface area contributed by atoms with Gasteiger partial charge in [-0.3, -0.25) is 4.79 Å². The van der Waals surface area contributed by atoms with E-state index in [-0.39, 0.29) is 23.6 Å². The topological polar surface area (TPSA) is 115 Å². The summed E-state index contributed by atoms with van der Waals surface area (Å²) >= 11 is 0. The first-order valence-electron chi connectivity index (χ1n) is 10.7. The molecule has 2 N–H and O–H groups in total. The lowest BCUT2D eigenvalue weighted by Crippen LogP contribution is -2.44. The molecule has 2 amide bonds. The van der Waals surface area contributed by atoms with Gasteiger partial charge in [0.2, 0.25) is 5.91 Å². The molecular formula is C23H30N4O5. The Kier molecular flexibility index (Phi) is 7.86. The zero-order valence-electron chi connectivity index (χ0n) is 18.6. The van der Waals surface area contributed by atoms with Crippen molar-refractivity contribution in [1.29, 1.82) is 0 Å². The molecule has 9 nitrogen and oxygen atoms in total. The van der Waals surface area contributed by atoms with Gasteiger partial charge in [-0.05, 0) is 49.9 Å². The van der Waals surface area contributed by atoms with Crippen molar-refractivity contribution in [1.82, 2.24) is 4.90 Å². The van der Waals surface area contributed by atoms with Gasteiger partial charge in [0.15, 0.2) is 0 Å². The Morgan fingerprint density at radius 3 is 2.19 bits per heavy atom. The van der Waals surface area contributed by atoms with Gasteiger partial charge in [0.05, 0.1) is 14.2 Å². The van der Waals surface area contributed by atoms with E-state index in [2.05, 4.69) is 19.4 Å². The van der Waals surface area contributed by atoms with Gasteiger partial charge in [-0.2, -0.15) is 4.99 Å². The molecule has 0 aliphatic carbocycles. The van der Waals surface area contributed by atoms with Gasteiger partial charge < -0.3 is 25.0 Å². The third-order valence-electron chi connectivity index (χ3n) is 6.00. The number of aliphatic imine (C=N–C) groups is 1. The number of esters is 1. The van der Waals surface area contributed by atoms with Crippen LogP contribution < -0.4 is 10.6 Å². The van der Waals surface area contributed by atoms with Crippen LogP contribution in [0.4, 0.5) is 10.5 Å². The second kappa shape index (κ2) is 10.8. The molecule has 3 rings (SSSR count). The number of methoxy groups -OCH3 is 2. The molecule has 2 fully saturated rings. The zero-order valence-corrected chi connectivity index (χ0v) is 18.6. The number of anilines is 1. The predicted octanol–water partition coefficient (Wildman–Crippen LogP) is 2.10. The van der Waals surface area contributed by atoms with E-state index in [1.165, 1.54) is 14.2 Å². The van der Waals surface area contributed by atoms with Crippen molar-refractivity contribution in [3.8, 4) is 0 Å². The molecule has 0 spiro atoms. The number of amides is 2. The van der Waals surface area contributed by atoms with Crippen molar-refractivity contribution >= 4 is 29.5 Å². The molecular weight excluding hydrogens is 412 g/mol. The third kappa shape index (κ3) is 5.87. The molecule has 0 saturated carbocycles. The van der Waals surface area contributed by atoms with Crippen LogP contribution in [-0.2, 0) is 19.1 Å². The van der Waals surface area contributed by atoms with Crippen molar-refractivity contribution in [3.63, 3.8) is 0 Å². The SMILES string of the molecule is COC(=O)C=C1CCN(C(=O)C2CCN(c3ccc(/C(N)=N\C(=O)OC)cc3)CC2)CC1. The van der Waals surface area contributed by atoms with E-state index in [1.54, 1.807) is 6.08 Å². The van der Waals surface area contributed by atoms with Gasteiger partial charge in [0.25, 0.3) is 0 Å². The van der Waals surface area contributed by atoms with E-state index < -0.39 is 6.09 Å². The second-order valence-corrected chi connectivity index (χ2v) is 7.93. The molecule has 172 valence electrons. The van der Waals surface area contributed by atoms with Gasteiger partial charge in [0, 0.05) is 49.4 Å². The van der Waals surface area contributed by atoms with Crippen molar-refractivity contribution in [3.05, 3.63) is 41.5 Å². The summed E-state index contributed by atoms with van der Waals surface area (Å²) in [6.45, 7) is 2.89. The van der Waals surface area contributed by atoms with Gasteiger partial charge in [-0.1, -0.05) is 5.57 Å². The number of ether oxygens (including phenoxy) is 2. The van der Waals surface area contributed by atoms with Crippen LogP contribution in [0.5, 0.6) is 0 Å². The molecule has 2 heterocycles. The number of benzene rings is 1. The number of carbonyl (C=O) groups is 3. The number of rotatable bonds is 4. The molecule has 0 bridgehead atoms. The van der Waals surface area contributed by atoms with E-state index in [9.17, 15) is 14.4 Å². The molecule has 0 atom stereocenters. The summed E-state index contributed by atoms with van der Waals surface area (Å²) in [5.74, 6) is 0.0147. The first-order valence-corrected chi connectivity index (χ1v) is 10.7. The van der Waals surface area contributed by atoms with Crippen LogP contribution in [0.3, 0.4) is 0 Å². The second-order valence-electron chi connectivity index (χ2n) is 7.93. The van der Waals surface area contributed by atoms with Crippen LogP contribution in [0.1, 0.15) is 31.2 Å². The molecule has 2 aliphatic heterocycles. The zero-order chi connectivity index (χ0) is 23.1. The standard InChI is InChI=1S/C23H30N4O5/c1-31-20(28)15-16-7-11-27(12-8-16)22(29)18-9-13-26(14-10-18)19-5-3-17(4-6-19)21(24)25-23(30)32-2/h3-6,15,18H,7-14H2,1-2H3,(H2,24,25,30). The van der Waals surface area contributed by atoms with Crippen LogP contribution in [-0.4, -0.2) is 69.1 Å². The van der Waals surface area contributed by atoms with Gasteiger partial charge >= 0.3 is 12.1 Å². The number of piperidine rings is 2. The molecule has 2 aliphatic rings. The minimum absolute atomic E-state index is 0.0273. The van der Waals surface area contributed by atoms with Crippen LogP contribution in [0.2, 0.25) is 0 Å². The van der Waals surface area contributed by atoms with Gasteiger partial charge in [-0.25, -0.2) is 9.59 Å². The van der Waals surface area contributed by atoms with Crippen molar-refractivity contribution in [2.45, 2.75) is 25.7 Å². The van der Waals surface area contributed by atoms with E-state index in [1.807, 2.05) is 29.2 Å². The summed E-state index contributed by atoms with van der Waals surface area (Å²) in [7, 11) is 2.62. The van der Waals surface area contributed by atoms with Gasteiger partial charge in [-0.15, -0.1) is 0 Å². The smallest absolute Gasteiger partial charge is 0.435 e. The first kappa shape index (κ1) is 23.3. The number of hydrogen-bond acceptors (Lipinski definition) is 6. The number of amidine groups is 1. The van der Waals surface area contributed by atoms with E-state index in [0.29, 0.717) is 31.5 Å². The van der Waals surface area contributed by atoms with Crippen LogP contribution >= 0.6 is 0 Å². The largest absolute Gasteiger partial charge is 0.466 e. The molecule has 0 aromatic heterocycles. The maximum absolute atomic E-state index is 12.9. The fourth-order valence-electron chi connectivity index (χ4n) is 4.08. The number of hydrogen-bond donors (Lipinski definition) is 1. The summed E-state index contributed by atoms with van der Waals surface area (Å²) in [4.78, 5) is 43.4. The third-order valence-corrected chi connectivity index (χ3v) is 6.00. The molecule has 32 heavy (non-hydrogen) atoms. The van der Waals surface area contributed by atoms with E-state index in [0.717, 1.165) is 37.2 Å². The molecule has 2 saturated heterocycles. The minimum Gasteiger partial charge on any atom is -0.466 e. The number of nitrogens with zero attached hydrogens (tertiary/aromatic N) is 3. The Labute approximate surface area is 187 Å². The van der Waals surface area contributed by atoms with E-state index >= 15 is 0 Å². The maximum atomic E-state index is 12.9. The maximum Gasteiger partial charge on any atom is 0.435 e. The highest BCUT2D eigenvalue weighted by molar-refractivity contribution is 6.02. The number of likely N-dealkylation sites (tertiary alicyclic amines) is 1. The summed E-state index contributed by atoms with van der Waals surface area (Å²) in [5.41, 5.74) is 8.56. The van der Waals surface area contributed by atoms with Crippen molar-refractivity contribution in [2.24, 2.45) is 16.6 Å². The summed E-state index contributed by atoms with van der Waals surface area (Å²) in [6, 6.07) is 7.52. The predicted molar refractivity (Wildman–Crippen MR) is 120 cm³/mol. The Balaban J connectivity index is 1.50. The fourth-order valence-corrected chi connectivity index (χ4v) is 4.08. The first-order chi connectivity index (χ1) is 15.4. The lowest BCUT2D eigenvalue weighted by Gasteiger charge is -2.37. The monoisotopic (exact) mass is 442 g/mol. The molecule has 1 aromatic rings. The minimum atomic E-state index is -0.734. The van der Waals surface area contributed by atoms with Crippen LogP contribution in [0.15, 0.2) is 40.9 Å². The normalized spacial score (nSPS) is 17.7. The average Bonchev–Trinajstić information content (AvgIpc) is 2.84. The quantitative estimate of drug-likeness (QED) is 0.329. The Hall–Kier alpha value is -3.36. The summed E-state index contributed by atoms with van der Waals surface area (Å²) < 4.78 is 9.17. The number of nitrogens with two attached hydrogens (primary N) is 1. The van der Waals surface area contributed by atoms with Crippen LogP contribution in [0, 0.1) is 5.92 Å². The van der Waals surface area contributed by atoms with Crippen LogP contribution in [0.25, 0.3) is 0 Å². The Morgan fingerprint density at radius 2 is 1.62 bits per heavy atom. The number of carbonyl (C=O) groups excluding carboxylic acids is 3.